The van der Waals surface area contributed by atoms with E-state index in [4.69, 9.17) is 36.4 Å². The number of imidazole rings is 2. The Morgan fingerprint density at radius 1 is 0.817 bits per heavy atom. The fraction of sp³-hybridized carbons (Fsp3) is 0.408. The van der Waals surface area contributed by atoms with Gasteiger partial charge in [0.05, 0.1) is 23.8 Å². The first-order valence-corrected chi connectivity index (χ1v) is 23.3. The third-order valence-corrected chi connectivity index (χ3v) is 11.1. The highest BCUT2D eigenvalue weighted by molar-refractivity contribution is 6.47. The van der Waals surface area contributed by atoms with Crippen molar-refractivity contribution in [2.45, 2.75) is 92.6 Å². The van der Waals surface area contributed by atoms with Crippen molar-refractivity contribution in [3.63, 3.8) is 0 Å². The van der Waals surface area contributed by atoms with Crippen LogP contribution in [0.5, 0.6) is 11.5 Å². The molecule has 9 N–H and O–H groups in total. The largest absolute Gasteiger partial charge is 0.494 e. The minimum atomic E-state index is -0.699. The number of carbonyl (C=O) groups excluding carboxylic acids is 5. The van der Waals surface area contributed by atoms with Crippen LogP contribution in [0.15, 0.2) is 71.4 Å². The number of likely N-dealkylation sites (tertiary alicyclic amines) is 1. The van der Waals surface area contributed by atoms with Crippen molar-refractivity contribution in [1.82, 2.24) is 39.1 Å². The number of rotatable bonds is 20. The highest BCUT2D eigenvalue weighted by Gasteiger charge is 2.25. The summed E-state index contributed by atoms with van der Waals surface area (Å²) >= 11 is 0. The number of alkyl carbamates (subject to hydrolysis) is 1. The molecule has 378 valence electrons. The number of benzene rings is 2. The lowest BCUT2D eigenvalue weighted by Crippen LogP contribution is -2.46. The molecular weight excluding hydrogens is 913 g/mol. The van der Waals surface area contributed by atoms with Gasteiger partial charge in [-0.1, -0.05) is 24.3 Å². The fourth-order valence-electron chi connectivity index (χ4n) is 7.95. The van der Waals surface area contributed by atoms with Crippen LogP contribution < -0.4 is 42.6 Å². The van der Waals surface area contributed by atoms with Crippen LogP contribution in [0.3, 0.4) is 0 Å². The summed E-state index contributed by atoms with van der Waals surface area (Å²) in [6, 6.07) is 7.79. The molecule has 6 rings (SSSR count). The summed E-state index contributed by atoms with van der Waals surface area (Å²) in [5, 5.41) is 13.2. The number of nitrogens with two attached hydrogens (primary N) is 3. The molecule has 1 saturated heterocycles. The van der Waals surface area contributed by atoms with Gasteiger partial charge in [0.1, 0.15) is 46.1 Å². The first kappa shape index (κ1) is 52.4. The third-order valence-electron chi connectivity index (χ3n) is 11.1. The second-order valence-electron chi connectivity index (χ2n) is 17.8. The Labute approximate surface area is 411 Å². The van der Waals surface area contributed by atoms with E-state index >= 15 is 0 Å². The average molecular weight is 977 g/mol. The van der Waals surface area contributed by atoms with E-state index in [1.165, 1.54) is 31.4 Å². The van der Waals surface area contributed by atoms with Crippen molar-refractivity contribution in [3.05, 3.63) is 88.9 Å². The number of carbonyl (C=O) groups is 5. The lowest BCUT2D eigenvalue weighted by Gasteiger charge is -2.32. The summed E-state index contributed by atoms with van der Waals surface area (Å²) in [5.74, 6) is -1.58. The van der Waals surface area contributed by atoms with Crippen LogP contribution in [0.25, 0.3) is 22.1 Å². The van der Waals surface area contributed by atoms with Gasteiger partial charge in [0.25, 0.3) is 11.8 Å². The zero-order valence-corrected chi connectivity index (χ0v) is 41.5. The van der Waals surface area contributed by atoms with Crippen LogP contribution in [0.2, 0.25) is 0 Å². The van der Waals surface area contributed by atoms with Gasteiger partial charge in [0, 0.05) is 68.7 Å². The van der Waals surface area contributed by atoms with Gasteiger partial charge in [-0.05, 0) is 97.7 Å². The zero-order valence-electron chi connectivity index (χ0n) is 41.5. The molecule has 0 unspecified atom stereocenters. The molecule has 0 bridgehead atoms. The van der Waals surface area contributed by atoms with Gasteiger partial charge in [-0.3, -0.25) is 44.4 Å². The number of methoxy groups -OCH3 is 1. The van der Waals surface area contributed by atoms with Gasteiger partial charge in [0.2, 0.25) is 23.7 Å². The van der Waals surface area contributed by atoms with Crippen LogP contribution in [0.1, 0.15) is 91.3 Å². The summed E-state index contributed by atoms with van der Waals surface area (Å²) in [4.78, 5) is 80.8. The van der Waals surface area contributed by atoms with E-state index in [0.29, 0.717) is 58.8 Å². The highest BCUT2D eigenvalue weighted by Crippen LogP contribution is 2.33. The summed E-state index contributed by atoms with van der Waals surface area (Å²) in [6.07, 6.45) is 10.1. The smallest absolute Gasteiger partial charge is 0.407 e. The number of allylic oxidation sites excluding steroid dienone is 3. The lowest BCUT2D eigenvalue weighted by atomic mass is 10.1. The molecule has 22 heteroatoms. The molecule has 4 heterocycles. The first-order valence-electron chi connectivity index (χ1n) is 23.3. The Balaban J connectivity index is 1.31. The van der Waals surface area contributed by atoms with Crippen molar-refractivity contribution in [2.75, 3.05) is 50.5 Å². The summed E-state index contributed by atoms with van der Waals surface area (Å²) in [7, 11) is 1.44. The molecule has 3 aromatic heterocycles. The van der Waals surface area contributed by atoms with E-state index in [1.807, 2.05) is 52.0 Å². The molecule has 0 radical (unpaired) electrons. The number of hydrogen-bond acceptors (Lipinski definition) is 14. The molecule has 71 heavy (non-hydrogen) atoms. The number of aryl methyl sites for hydroxylation is 2. The molecular formula is C49H64N14O8. The van der Waals surface area contributed by atoms with Crippen molar-refractivity contribution >= 4 is 69.4 Å². The van der Waals surface area contributed by atoms with E-state index in [1.54, 1.807) is 46.7 Å². The second-order valence-corrected chi connectivity index (χ2v) is 17.8. The number of nitrogens with one attached hydrogen (secondary N) is 3. The standard InChI is InChI=1S/C49H64N14O8/c1-9-53-36(23-29(3)50)44(66)57-46-55-34-25-31(42(51)64)27-38(69-8)40(34)61(46)18-11-12-19-62-41-35(56-47(62)58-45(67)37-24-30(4)59-63(37)10-2)26-32(43(52)65)28-39(41)70-22-14-13-17-60-20-15-33(16-21-60)54-48(68)71-49(5,6)7/h11-14,23-28,33H,9-10,15-22,50H2,1-8H3,(H2,51,64)(H2,52,65)(H,54,68)(H,55,57,66)(H,56,58,67)/b12-11+,14-13-,29-23-,53-36?. The van der Waals surface area contributed by atoms with E-state index in [0.717, 1.165) is 25.9 Å². The molecule has 1 fully saturated rings. The minimum absolute atomic E-state index is 0.0290. The third kappa shape index (κ3) is 13.4. The van der Waals surface area contributed by atoms with Gasteiger partial charge in [-0.15, -0.1) is 0 Å². The molecule has 0 spiro atoms. The van der Waals surface area contributed by atoms with Crippen molar-refractivity contribution < 1.29 is 38.2 Å². The second kappa shape index (κ2) is 23.1. The Hall–Kier alpha value is -8.01. The van der Waals surface area contributed by atoms with E-state index in [2.05, 4.69) is 35.9 Å². The zero-order chi connectivity index (χ0) is 51.6. The predicted octanol–water partition coefficient (Wildman–Crippen LogP) is 4.81. The van der Waals surface area contributed by atoms with Crippen molar-refractivity contribution in [1.29, 1.82) is 0 Å². The first-order chi connectivity index (χ1) is 33.8. The molecule has 0 atom stereocenters. The fourth-order valence-corrected chi connectivity index (χ4v) is 7.95. The Morgan fingerprint density at radius 3 is 1.94 bits per heavy atom. The summed E-state index contributed by atoms with van der Waals surface area (Å²) < 4.78 is 22.5. The monoisotopic (exact) mass is 977 g/mol. The van der Waals surface area contributed by atoms with Gasteiger partial charge < -0.3 is 45.9 Å². The van der Waals surface area contributed by atoms with Crippen molar-refractivity contribution in [3.8, 4) is 11.5 Å². The maximum Gasteiger partial charge on any atom is 0.407 e. The van der Waals surface area contributed by atoms with Gasteiger partial charge in [-0.25, -0.2) is 14.8 Å². The van der Waals surface area contributed by atoms with E-state index in [-0.39, 0.29) is 66.0 Å². The summed E-state index contributed by atoms with van der Waals surface area (Å²) in [5.41, 5.74) is 20.1. The van der Waals surface area contributed by atoms with Crippen LogP contribution >= 0.6 is 0 Å². The number of hydrogen-bond donors (Lipinski definition) is 6. The molecule has 5 amide bonds. The molecule has 5 aromatic rings. The molecule has 0 aliphatic carbocycles. The quantitative estimate of drug-likeness (QED) is 0.0451. The topological polar surface area (TPSA) is 296 Å². The SMILES string of the molecule is CCN=C(/C=C(/C)N)C(=O)Nc1nc2cc(C(N)=O)cc(OC)c2n1C/C=C/Cn1c(NC(=O)c2cc(C)nn2CC)nc2cc(C(N)=O)cc(OC/C=C\CN3CCC(NC(=O)OC(C)(C)C)CC3)c21. The molecule has 1 aliphatic heterocycles. The predicted molar refractivity (Wildman–Crippen MR) is 271 cm³/mol. The number of primary amides is 2. The number of fused-ring (bicyclic) bond motifs is 2. The maximum atomic E-state index is 13.9. The summed E-state index contributed by atoms with van der Waals surface area (Å²) in [6.45, 7) is 15.9. The number of aliphatic imine (C=N–C) groups is 1. The number of piperidine rings is 1. The average Bonchev–Trinajstić information content (AvgIpc) is 3.98. The molecule has 2 aromatic carbocycles. The maximum absolute atomic E-state index is 13.9. The lowest BCUT2D eigenvalue weighted by molar-refractivity contribution is -0.110. The van der Waals surface area contributed by atoms with Crippen LogP contribution in [0, 0.1) is 6.92 Å². The number of nitrogens with zero attached hydrogens (tertiary/aromatic N) is 8. The Morgan fingerprint density at radius 2 is 1.39 bits per heavy atom. The van der Waals surface area contributed by atoms with Crippen LogP contribution in [-0.4, -0.2) is 121 Å². The normalized spacial score (nSPS) is 14.1. The Bertz CT molecular complexity index is 2920. The minimum Gasteiger partial charge on any atom is -0.494 e. The highest BCUT2D eigenvalue weighted by atomic mass is 16.6. The van der Waals surface area contributed by atoms with Gasteiger partial charge >= 0.3 is 6.09 Å². The van der Waals surface area contributed by atoms with Crippen LogP contribution in [-0.2, 0) is 29.2 Å². The molecule has 1 aliphatic rings. The Kier molecular flexibility index (Phi) is 17.0. The number of amides is 5. The number of aromatic nitrogens is 6. The molecule has 22 nitrogen and oxygen atoms in total. The van der Waals surface area contributed by atoms with Gasteiger partial charge in [-0.2, -0.15) is 5.10 Å². The van der Waals surface area contributed by atoms with E-state index in [9.17, 15) is 24.0 Å². The van der Waals surface area contributed by atoms with Crippen LogP contribution in [0.4, 0.5) is 16.7 Å². The van der Waals surface area contributed by atoms with Crippen molar-refractivity contribution in [2.24, 2.45) is 22.2 Å². The number of ether oxygens (including phenoxy) is 3. The number of anilines is 2. The van der Waals surface area contributed by atoms with Gasteiger partial charge in [0.15, 0.2) is 0 Å². The molecule has 0 saturated carbocycles. The van der Waals surface area contributed by atoms with E-state index < -0.39 is 35.3 Å².